The second kappa shape index (κ2) is 15.1. The van der Waals surface area contributed by atoms with Crippen LogP contribution in [0.15, 0.2) is 36.4 Å². The summed E-state index contributed by atoms with van der Waals surface area (Å²) in [4.78, 5) is 67.0. The predicted molar refractivity (Wildman–Crippen MR) is 220 cm³/mol. The van der Waals surface area contributed by atoms with E-state index in [1.807, 2.05) is 56.3 Å². The number of hydrogen-bond acceptors (Lipinski definition) is 10. The number of nitrogens with zero attached hydrogens (tertiary/aromatic N) is 4. The summed E-state index contributed by atoms with van der Waals surface area (Å²) in [5.41, 5.74) is -1.55. The molecule has 8 rings (SSSR count). The molecular formula is C43H58N6O9S. The van der Waals surface area contributed by atoms with Gasteiger partial charge in [0.15, 0.2) is 0 Å². The highest BCUT2D eigenvalue weighted by molar-refractivity contribution is 7.91. The molecule has 10 atom stereocenters. The van der Waals surface area contributed by atoms with Crippen LogP contribution in [0.2, 0.25) is 0 Å². The molecule has 3 heterocycles. The molecule has 2 aliphatic heterocycles. The van der Waals surface area contributed by atoms with Crippen molar-refractivity contribution >= 4 is 50.4 Å². The van der Waals surface area contributed by atoms with Crippen LogP contribution in [0, 0.1) is 29.6 Å². The molecule has 4 aliphatic carbocycles. The monoisotopic (exact) mass is 834 g/mol. The van der Waals surface area contributed by atoms with Gasteiger partial charge in [-0.05, 0) is 118 Å². The summed E-state index contributed by atoms with van der Waals surface area (Å²) in [6.07, 6.45) is 7.53. The van der Waals surface area contributed by atoms with Gasteiger partial charge in [-0.1, -0.05) is 26.0 Å². The molecule has 5 fully saturated rings. The molecule has 59 heavy (non-hydrogen) atoms. The maximum Gasteiger partial charge on any atom is 0.408 e. The lowest BCUT2D eigenvalue weighted by atomic mass is 9.86. The standard InChI is InChI=1S/C43H58N6O9S/c1-24-9-7-8-10-29-22-43(29,40(52)46-59(55,56)42(3)13-14-42)45-37(50)34-21-32(58-38-33-12-11-31(57-6)19-28(33)20-35(44-38)47(4)5)23-48(34)39(51)36(25(2)15-24)49(41(53)54)30-17-26-16-27(26)18-30/h8,10-12,19-20,24-27,29-30,32,34,36H,7,9,13-18,21-23H2,1-6H3,(H,45,50)(H,46,52)(H,53,54)/b10-8-/t24-,25+,26-,27?,29+,30?,32+,34-,36-,43+/m0/s1. The van der Waals surface area contributed by atoms with Crippen LogP contribution in [0.4, 0.5) is 10.6 Å². The van der Waals surface area contributed by atoms with Crippen molar-refractivity contribution in [1.29, 1.82) is 0 Å². The molecule has 16 heteroatoms. The summed E-state index contributed by atoms with van der Waals surface area (Å²) in [6.45, 7) is 5.59. The minimum absolute atomic E-state index is 0.0236. The maximum absolute atomic E-state index is 15.3. The Labute approximate surface area is 346 Å². The second-order valence-electron chi connectivity index (χ2n) is 18.7. The first-order valence-corrected chi connectivity index (χ1v) is 22.6. The van der Waals surface area contributed by atoms with E-state index in [0.29, 0.717) is 73.2 Å². The topological polar surface area (TPSA) is 188 Å². The fraction of sp³-hybridized carbons (Fsp3) is 0.651. The normalized spacial score (nSPS) is 34.2. The van der Waals surface area contributed by atoms with Crippen LogP contribution in [0.3, 0.4) is 0 Å². The number of carbonyl (C=O) groups excluding carboxylic acids is 3. The number of allylic oxidation sites excluding steroid dienone is 1. The first-order chi connectivity index (χ1) is 27.9. The molecule has 2 aromatic rings. The van der Waals surface area contributed by atoms with E-state index in [1.54, 1.807) is 20.1 Å². The number of ether oxygens (including phenoxy) is 2. The predicted octanol–water partition coefficient (Wildman–Crippen LogP) is 4.69. The number of rotatable bonds is 9. The number of nitrogens with one attached hydrogen (secondary N) is 2. The van der Waals surface area contributed by atoms with Crippen LogP contribution in [0.25, 0.3) is 10.8 Å². The van der Waals surface area contributed by atoms with Crippen LogP contribution in [-0.4, -0.2) is 114 Å². The number of fused-ring (bicyclic) bond motifs is 4. The number of carboxylic acid groups (broad SMARTS) is 1. The molecule has 15 nitrogen and oxygen atoms in total. The van der Waals surface area contributed by atoms with Crippen molar-refractivity contribution in [3.63, 3.8) is 0 Å². The molecule has 4 saturated carbocycles. The molecule has 0 radical (unpaired) electrons. The Bertz CT molecular complexity index is 2170. The molecule has 1 saturated heterocycles. The van der Waals surface area contributed by atoms with E-state index in [-0.39, 0.29) is 37.3 Å². The molecule has 0 bridgehead atoms. The first kappa shape index (κ1) is 41.1. The molecule has 6 aliphatic rings. The van der Waals surface area contributed by atoms with Crippen molar-refractivity contribution in [2.75, 3.05) is 32.6 Å². The van der Waals surface area contributed by atoms with E-state index in [0.717, 1.165) is 18.2 Å². The molecule has 0 spiro atoms. The van der Waals surface area contributed by atoms with Crippen LogP contribution in [0.1, 0.15) is 85.0 Å². The Balaban J connectivity index is 1.17. The van der Waals surface area contributed by atoms with Gasteiger partial charge < -0.3 is 29.7 Å². The Morgan fingerprint density at radius 2 is 1.78 bits per heavy atom. The average molecular weight is 835 g/mol. The van der Waals surface area contributed by atoms with Crippen molar-refractivity contribution in [2.45, 2.75) is 119 Å². The van der Waals surface area contributed by atoms with Crippen molar-refractivity contribution in [2.24, 2.45) is 29.6 Å². The van der Waals surface area contributed by atoms with Gasteiger partial charge in [-0.15, -0.1) is 0 Å². The number of sulfonamides is 1. The van der Waals surface area contributed by atoms with Gasteiger partial charge >= 0.3 is 6.09 Å². The zero-order chi connectivity index (χ0) is 42.2. The highest BCUT2D eigenvalue weighted by Gasteiger charge is 2.63. The van der Waals surface area contributed by atoms with Crippen molar-refractivity contribution in [3.8, 4) is 11.6 Å². The number of hydrogen-bond donors (Lipinski definition) is 3. The van der Waals surface area contributed by atoms with E-state index >= 15 is 4.79 Å². The number of methoxy groups -OCH3 is 1. The fourth-order valence-electron chi connectivity index (χ4n) is 9.98. The van der Waals surface area contributed by atoms with E-state index in [4.69, 9.17) is 14.5 Å². The van der Waals surface area contributed by atoms with Crippen LogP contribution in [-0.2, 0) is 24.4 Å². The van der Waals surface area contributed by atoms with Gasteiger partial charge in [0.1, 0.15) is 35.3 Å². The van der Waals surface area contributed by atoms with Gasteiger partial charge in [0, 0.05) is 37.9 Å². The second-order valence-corrected chi connectivity index (χ2v) is 20.9. The lowest BCUT2D eigenvalue weighted by Gasteiger charge is -2.40. The molecule has 320 valence electrons. The minimum atomic E-state index is -4.02. The van der Waals surface area contributed by atoms with Crippen molar-refractivity contribution in [1.82, 2.24) is 24.8 Å². The van der Waals surface area contributed by atoms with Gasteiger partial charge in [-0.2, -0.15) is 4.98 Å². The van der Waals surface area contributed by atoms with Gasteiger partial charge in [0.25, 0.3) is 5.91 Å². The molecule has 3 N–H and O–H groups in total. The lowest BCUT2D eigenvalue weighted by molar-refractivity contribution is -0.145. The molecule has 2 unspecified atom stereocenters. The van der Waals surface area contributed by atoms with Gasteiger partial charge in [0.05, 0.1) is 18.4 Å². The molecular weight excluding hydrogens is 777 g/mol. The van der Waals surface area contributed by atoms with Crippen LogP contribution >= 0.6 is 0 Å². The number of pyridine rings is 1. The van der Waals surface area contributed by atoms with E-state index in [1.165, 1.54) is 9.80 Å². The summed E-state index contributed by atoms with van der Waals surface area (Å²) in [6, 6.07) is 4.90. The Hall–Kier alpha value is -4.60. The number of benzene rings is 1. The molecule has 1 aromatic carbocycles. The smallest absolute Gasteiger partial charge is 0.408 e. The fourth-order valence-corrected chi connectivity index (χ4v) is 11.3. The van der Waals surface area contributed by atoms with Crippen molar-refractivity contribution in [3.05, 3.63) is 36.4 Å². The summed E-state index contributed by atoms with van der Waals surface area (Å²) >= 11 is 0. The third-order valence-corrected chi connectivity index (χ3v) is 16.2. The third kappa shape index (κ3) is 7.81. The molecule has 1 aromatic heterocycles. The SMILES string of the molecule is COc1ccc2c(O[C@@H]3C[C@H]4C(=O)N[C@]5(C(=O)NS(=O)(=O)C6(C)CC6)C[C@H]5/C=C\CC[C@H](C)C[C@@H](C)[C@H](N(C(=O)O)C5CC6C[C@H]6C5)C(=O)N4C3)nc(N(C)C)cc2c1. The molecule has 4 amide bonds. The summed E-state index contributed by atoms with van der Waals surface area (Å²) in [5.74, 6) is -0.128. The Morgan fingerprint density at radius 1 is 1.05 bits per heavy atom. The summed E-state index contributed by atoms with van der Waals surface area (Å²) in [5, 5.41) is 15.3. The van der Waals surface area contributed by atoms with Gasteiger partial charge in [-0.3, -0.25) is 24.0 Å². The highest BCUT2D eigenvalue weighted by atomic mass is 32.2. The number of anilines is 1. The Morgan fingerprint density at radius 3 is 2.44 bits per heavy atom. The minimum Gasteiger partial charge on any atom is -0.497 e. The Kier molecular flexibility index (Phi) is 10.6. The lowest BCUT2D eigenvalue weighted by Crippen LogP contribution is -2.61. The summed E-state index contributed by atoms with van der Waals surface area (Å²) in [7, 11) is 1.29. The van der Waals surface area contributed by atoms with Crippen LogP contribution < -0.4 is 24.4 Å². The number of amides is 4. The zero-order valence-electron chi connectivity index (χ0n) is 34.8. The number of carbonyl (C=O) groups is 4. The van der Waals surface area contributed by atoms with E-state index in [9.17, 15) is 27.9 Å². The quantitative estimate of drug-likeness (QED) is 0.298. The van der Waals surface area contributed by atoms with Crippen molar-refractivity contribution < 1.29 is 42.2 Å². The van der Waals surface area contributed by atoms with E-state index in [2.05, 4.69) is 17.0 Å². The third-order valence-electron chi connectivity index (χ3n) is 14.1. The summed E-state index contributed by atoms with van der Waals surface area (Å²) < 4.78 is 40.0. The van der Waals surface area contributed by atoms with E-state index < -0.39 is 68.2 Å². The van der Waals surface area contributed by atoms with Crippen LogP contribution in [0.5, 0.6) is 11.6 Å². The maximum atomic E-state index is 15.3. The van der Waals surface area contributed by atoms with Gasteiger partial charge in [-0.25, -0.2) is 13.2 Å². The first-order valence-electron chi connectivity index (χ1n) is 21.1. The highest BCUT2D eigenvalue weighted by Crippen LogP contribution is 2.54. The zero-order valence-corrected chi connectivity index (χ0v) is 35.7. The average Bonchev–Trinajstić information content (AvgIpc) is 4.14. The number of aromatic nitrogens is 1. The largest absolute Gasteiger partial charge is 0.497 e. The van der Waals surface area contributed by atoms with Gasteiger partial charge in [0.2, 0.25) is 27.7 Å².